The normalized spacial score (nSPS) is 14.4. The lowest BCUT2D eigenvalue weighted by atomic mass is 9.94. The number of nitrogens with one attached hydrogen (secondary N) is 3. The predicted molar refractivity (Wildman–Crippen MR) is 170 cm³/mol. The number of benzene rings is 2. The summed E-state index contributed by atoms with van der Waals surface area (Å²) < 4.78 is 0. The molecule has 43 heavy (non-hydrogen) atoms. The topological polar surface area (TPSA) is 122 Å². The Kier molecular flexibility index (Phi) is 8.06. The highest BCUT2D eigenvalue weighted by Gasteiger charge is 2.28. The van der Waals surface area contributed by atoms with Crippen LogP contribution in [0.15, 0.2) is 60.9 Å². The second kappa shape index (κ2) is 12.1. The van der Waals surface area contributed by atoms with Gasteiger partial charge in [0.25, 0.3) is 11.8 Å². The van der Waals surface area contributed by atoms with Crippen molar-refractivity contribution in [2.45, 2.75) is 64.5 Å². The quantitative estimate of drug-likeness (QED) is 0.179. The maximum Gasteiger partial charge on any atom is 0.274 e. The molecule has 0 saturated heterocycles. The van der Waals surface area contributed by atoms with Crippen molar-refractivity contribution in [1.82, 2.24) is 15.3 Å². The number of pyridine rings is 2. The molecule has 0 unspecified atom stereocenters. The van der Waals surface area contributed by atoms with Crippen LogP contribution >= 0.6 is 0 Å². The van der Waals surface area contributed by atoms with E-state index in [0.29, 0.717) is 35.5 Å². The fourth-order valence-corrected chi connectivity index (χ4v) is 5.80. The third kappa shape index (κ3) is 6.07. The Morgan fingerprint density at radius 2 is 1.23 bits per heavy atom. The molecule has 0 radical (unpaired) electrons. The summed E-state index contributed by atoms with van der Waals surface area (Å²) in [6.07, 6.45) is 8.10. The summed E-state index contributed by atoms with van der Waals surface area (Å²) in [6.45, 7) is 5.14. The van der Waals surface area contributed by atoms with E-state index in [0.717, 1.165) is 76.9 Å². The first-order valence-electron chi connectivity index (χ1n) is 15.0. The average molecular weight is 575 g/mol. The Bertz CT molecular complexity index is 1710. The summed E-state index contributed by atoms with van der Waals surface area (Å²) in [4.78, 5) is 35.4. The average Bonchev–Trinajstić information content (AvgIpc) is 3.93. The van der Waals surface area contributed by atoms with E-state index < -0.39 is 0 Å². The van der Waals surface area contributed by atoms with Crippen LogP contribution in [-0.4, -0.2) is 28.8 Å². The van der Waals surface area contributed by atoms with Gasteiger partial charge in [0.2, 0.25) is 0 Å². The lowest BCUT2D eigenvalue weighted by Crippen LogP contribution is -2.17. The van der Waals surface area contributed by atoms with Crippen LogP contribution in [0, 0.1) is 13.8 Å². The zero-order valence-electron chi connectivity index (χ0n) is 25.0. The van der Waals surface area contributed by atoms with Gasteiger partial charge in [0.15, 0.2) is 0 Å². The van der Waals surface area contributed by atoms with E-state index in [1.54, 1.807) is 6.20 Å². The van der Waals surface area contributed by atoms with Gasteiger partial charge in [-0.05, 0) is 127 Å². The molecule has 6 rings (SSSR count). The van der Waals surface area contributed by atoms with Crippen molar-refractivity contribution < 1.29 is 9.59 Å². The number of amides is 2. The Morgan fingerprint density at radius 3 is 1.67 bits per heavy atom. The lowest BCUT2D eigenvalue weighted by Gasteiger charge is -2.17. The minimum Gasteiger partial charge on any atom is -0.326 e. The smallest absolute Gasteiger partial charge is 0.274 e. The number of carbonyl (C=O) groups is 2. The maximum atomic E-state index is 13.3. The number of carbonyl (C=O) groups excluding carboxylic acids is 2. The van der Waals surface area contributed by atoms with E-state index >= 15 is 0 Å². The maximum absolute atomic E-state index is 13.3. The van der Waals surface area contributed by atoms with Crippen molar-refractivity contribution in [3.63, 3.8) is 0 Å². The molecule has 2 aliphatic carbocycles. The molecule has 5 N–H and O–H groups in total. The molecular formula is C35H38N6O2. The van der Waals surface area contributed by atoms with Crippen molar-refractivity contribution in [1.29, 1.82) is 0 Å². The number of rotatable bonds is 10. The first-order valence-corrected chi connectivity index (χ1v) is 15.0. The Labute approximate surface area is 252 Å². The third-order valence-electron chi connectivity index (χ3n) is 8.59. The third-order valence-corrected chi connectivity index (χ3v) is 8.59. The summed E-state index contributed by atoms with van der Waals surface area (Å²) in [7, 11) is 1.92. The van der Waals surface area contributed by atoms with Gasteiger partial charge < -0.3 is 21.7 Å². The molecule has 220 valence electrons. The molecule has 2 heterocycles. The van der Waals surface area contributed by atoms with Crippen molar-refractivity contribution in [3.8, 4) is 11.1 Å². The Morgan fingerprint density at radius 1 is 0.767 bits per heavy atom. The van der Waals surface area contributed by atoms with E-state index in [2.05, 4.69) is 25.9 Å². The second-order valence-electron chi connectivity index (χ2n) is 11.7. The van der Waals surface area contributed by atoms with Gasteiger partial charge in [-0.15, -0.1) is 0 Å². The van der Waals surface area contributed by atoms with Gasteiger partial charge >= 0.3 is 0 Å². The molecule has 2 aliphatic rings. The Hall–Kier alpha value is -4.40. The summed E-state index contributed by atoms with van der Waals surface area (Å²) in [5.41, 5.74) is 16.5. The molecule has 2 amide bonds. The van der Waals surface area contributed by atoms with Gasteiger partial charge in [-0.25, -0.2) is 0 Å². The molecule has 2 aromatic heterocycles. The highest BCUT2D eigenvalue weighted by Crippen LogP contribution is 2.43. The minimum atomic E-state index is -0.248. The van der Waals surface area contributed by atoms with Crippen LogP contribution in [0.3, 0.4) is 0 Å². The van der Waals surface area contributed by atoms with Gasteiger partial charge in [0, 0.05) is 36.9 Å². The highest BCUT2D eigenvalue weighted by atomic mass is 16.2. The molecule has 0 bridgehead atoms. The molecular weight excluding hydrogens is 536 g/mol. The van der Waals surface area contributed by atoms with E-state index in [9.17, 15) is 9.59 Å². The van der Waals surface area contributed by atoms with Crippen LogP contribution in [0.1, 0.15) is 91.9 Å². The van der Waals surface area contributed by atoms with Crippen LogP contribution in [0.25, 0.3) is 11.1 Å². The lowest BCUT2D eigenvalue weighted by molar-refractivity contribution is 0.101. The van der Waals surface area contributed by atoms with Gasteiger partial charge in [-0.2, -0.15) is 0 Å². The number of hydrogen-bond donors (Lipinski definition) is 4. The molecule has 0 aliphatic heterocycles. The van der Waals surface area contributed by atoms with E-state index in [1.807, 2.05) is 75.6 Å². The first kappa shape index (κ1) is 28.7. The molecule has 4 aromatic rings. The highest BCUT2D eigenvalue weighted by molar-refractivity contribution is 6.05. The zero-order chi connectivity index (χ0) is 30.1. The van der Waals surface area contributed by atoms with Crippen molar-refractivity contribution in [2.24, 2.45) is 5.73 Å². The molecule has 2 fully saturated rings. The second-order valence-corrected chi connectivity index (χ2v) is 11.7. The van der Waals surface area contributed by atoms with Gasteiger partial charge in [-0.1, -0.05) is 24.3 Å². The van der Waals surface area contributed by atoms with Crippen molar-refractivity contribution in [2.75, 3.05) is 17.7 Å². The Balaban J connectivity index is 1.23. The number of anilines is 2. The molecule has 0 spiro atoms. The number of nitrogens with zero attached hydrogens (tertiary/aromatic N) is 2. The van der Waals surface area contributed by atoms with Crippen LogP contribution in [0.5, 0.6) is 0 Å². The fraction of sp³-hybridized carbons (Fsp3) is 0.314. The van der Waals surface area contributed by atoms with Crippen LogP contribution in [0.4, 0.5) is 11.4 Å². The fourth-order valence-electron chi connectivity index (χ4n) is 5.80. The largest absolute Gasteiger partial charge is 0.326 e. The van der Waals surface area contributed by atoms with Gasteiger partial charge in [0.1, 0.15) is 11.4 Å². The summed E-state index contributed by atoms with van der Waals surface area (Å²) in [6, 6.07) is 15.6. The number of aromatic nitrogens is 2. The SMILES string of the molecule is CNCc1cnc(C(=O)Nc2cccc(-c3cccc(NC(=O)c4cc(C5CC5)c(CN)cn4)c3C)c2C)cc1C1CC1. The van der Waals surface area contributed by atoms with E-state index in [4.69, 9.17) is 5.73 Å². The minimum absolute atomic E-state index is 0.227. The predicted octanol–water partition coefficient (Wildman–Crippen LogP) is 6.20. The van der Waals surface area contributed by atoms with Crippen LogP contribution in [-0.2, 0) is 13.1 Å². The van der Waals surface area contributed by atoms with Gasteiger partial charge in [0.05, 0.1) is 0 Å². The van der Waals surface area contributed by atoms with Crippen LogP contribution in [0.2, 0.25) is 0 Å². The van der Waals surface area contributed by atoms with Crippen molar-refractivity contribution in [3.05, 3.63) is 106 Å². The van der Waals surface area contributed by atoms with E-state index in [-0.39, 0.29) is 11.8 Å². The first-order chi connectivity index (χ1) is 20.9. The number of hydrogen-bond acceptors (Lipinski definition) is 6. The van der Waals surface area contributed by atoms with E-state index in [1.165, 1.54) is 5.56 Å². The molecule has 8 nitrogen and oxygen atoms in total. The molecule has 2 aromatic carbocycles. The van der Waals surface area contributed by atoms with Crippen molar-refractivity contribution >= 4 is 23.2 Å². The summed E-state index contributed by atoms with van der Waals surface area (Å²) in [5, 5.41) is 9.35. The van der Waals surface area contributed by atoms with Crippen LogP contribution < -0.4 is 21.7 Å². The molecule has 2 saturated carbocycles. The molecule has 8 heteroatoms. The zero-order valence-corrected chi connectivity index (χ0v) is 25.0. The summed E-state index contributed by atoms with van der Waals surface area (Å²) >= 11 is 0. The standard InChI is InChI=1S/C35H38N6O2/c1-20-26(6-4-8-30(20)40-34(42)32-14-28(22-10-11-22)24(16-36)18-38-32)27-7-5-9-31(21(27)2)41-35(43)33-15-29(23-12-13-23)25(17-37-3)19-39-33/h4-9,14-15,18-19,22-23,37H,10-13,16-17,36H2,1-3H3,(H,40,42)(H,41,43). The van der Waals surface area contributed by atoms with Gasteiger partial charge in [-0.3, -0.25) is 19.6 Å². The summed E-state index contributed by atoms with van der Waals surface area (Å²) in [5.74, 6) is 0.513. The monoisotopic (exact) mass is 574 g/mol. The molecule has 0 atom stereocenters. The number of nitrogens with two attached hydrogens (primary N) is 1.